The van der Waals surface area contributed by atoms with Crippen LogP contribution in [0.25, 0.3) is 0 Å². The average molecular weight is 316 g/mol. The lowest BCUT2D eigenvalue weighted by molar-refractivity contribution is 0.0716. The summed E-state index contributed by atoms with van der Waals surface area (Å²) in [5.74, 6) is 0.334. The summed E-state index contributed by atoms with van der Waals surface area (Å²) in [7, 11) is 1.53. The molecule has 100 valence electrons. The summed E-state index contributed by atoms with van der Waals surface area (Å²) < 4.78 is 5.07. The number of aromatic hydroxyl groups is 1. The zero-order chi connectivity index (χ0) is 13.7. The molecule has 0 heterocycles. The monoisotopic (exact) mass is 315 g/mol. The molecule has 18 heavy (non-hydrogen) atoms. The van der Waals surface area contributed by atoms with Gasteiger partial charge in [0.15, 0.2) is 0 Å². The predicted octanol–water partition coefficient (Wildman–Crippen LogP) is 2.65. The third kappa shape index (κ3) is 3.38. The molecule has 1 amide bonds. The molecular formula is C13H18BrNO3. The van der Waals surface area contributed by atoms with Crippen LogP contribution >= 0.6 is 15.9 Å². The van der Waals surface area contributed by atoms with Gasteiger partial charge in [-0.25, -0.2) is 0 Å². The molecule has 0 saturated carbocycles. The van der Waals surface area contributed by atoms with E-state index < -0.39 is 0 Å². The first-order valence-corrected chi connectivity index (χ1v) is 6.87. The maximum Gasteiger partial charge on any atom is 0.258 e. The van der Waals surface area contributed by atoms with E-state index in [0.29, 0.717) is 17.6 Å². The minimum Gasteiger partial charge on any atom is -0.507 e. The number of rotatable bonds is 5. The van der Waals surface area contributed by atoms with Gasteiger partial charge in [-0.1, -0.05) is 15.9 Å². The molecular weight excluding hydrogens is 298 g/mol. The van der Waals surface area contributed by atoms with E-state index >= 15 is 0 Å². The molecule has 0 saturated heterocycles. The number of carbonyl (C=O) groups excluding carboxylic acids is 1. The van der Waals surface area contributed by atoms with E-state index in [-0.39, 0.29) is 23.3 Å². The summed E-state index contributed by atoms with van der Waals surface area (Å²) >= 11 is 3.32. The van der Waals surface area contributed by atoms with Crippen molar-refractivity contribution < 1.29 is 14.6 Å². The second-order valence-electron chi connectivity index (χ2n) is 4.16. The first-order valence-electron chi connectivity index (χ1n) is 5.75. The molecule has 0 aliphatic rings. The molecule has 4 nitrogen and oxygen atoms in total. The third-order valence-corrected chi connectivity index (χ3v) is 3.00. The average Bonchev–Trinajstić information content (AvgIpc) is 2.35. The lowest BCUT2D eigenvalue weighted by Crippen LogP contribution is -2.38. The Morgan fingerprint density at radius 1 is 1.50 bits per heavy atom. The second kappa shape index (κ2) is 6.64. The molecule has 0 aromatic heterocycles. The van der Waals surface area contributed by atoms with Crippen LogP contribution in [-0.4, -0.2) is 40.9 Å². The van der Waals surface area contributed by atoms with E-state index in [1.807, 2.05) is 13.8 Å². The highest BCUT2D eigenvalue weighted by Crippen LogP contribution is 2.24. The van der Waals surface area contributed by atoms with Crippen LogP contribution in [0.3, 0.4) is 0 Å². The SMILES string of the molecule is COc1ccc(O)c(C(=O)N(CCBr)C(C)C)c1. The van der Waals surface area contributed by atoms with Crippen LogP contribution in [0.4, 0.5) is 0 Å². The van der Waals surface area contributed by atoms with Gasteiger partial charge in [-0.15, -0.1) is 0 Å². The van der Waals surface area contributed by atoms with E-state index in [1.54, 1.807) is 17.0 Å². The Bertz CT molecular complexity index is 421. The fourth-order valence-electron chi connectivity index (χ4n) is 1.65. The number of phenolic OH excluding ortho intramolecular Hbond substituents is 1. The normalized spacial score (nSPS) is 10.5. The fourth-order valence-corrected chi connectivity index (χ4v) is 2.04. The zero-order valence-electron chi connectivity index (χ0n) is 10.8. The van der Waals surface area contributed by atoms with Crippen molar-refractivity contribution in [3.63, 3.8) is 0 Å². The molecule has 0 unspecified atom stereocenters. The van der Waals surface area contributed by atoms with Gasteiger partial charge in [-0.05, 0) is 32.0 Å². The number of nitrogens with zero attached hydrogens (tertiary/aromatic N) is 1. The molecule has 0 radical (unpaired) electrons. The third-order valence-electron chi connectivity index (χ3n) is 2.64. The van der Waals surface area contributed by atoms with Crippen LogP contribution in [0.15, 0.2) is 18.2 Å². The smallest absolute Gasteiger partial charge is 0.258 e. The standard InChI is InChI=1S/C13H18BrNO3/c1-9(2)15(7-6-14)13(17)11-8-10(18-3)4-5-12(11)16/h4-5,8-9,16H,6-7H2,1-3H3. The number of amides is 1. The molecule has 0 bridgehead atoms. The van der Waals surface area contributed by atoms with Crippen molar-refractivity contribution in [2.24, 2.45) is 0 Å². The van der Waals surface area contributed by atoms with Crippen molar-refractivity contribution in [2.45, 2.75) is 19.9 Å². The quantitative estimate of drug-likeness (QED) is 0.850. The highest BCUT2D eigenvalue weighted by atomic mass is 79.9. The van der Waals surface area contributed by atoms with Gasteiger partial charge in [0.25, 0.3) is 5.91 Å². The second-order valence-corrected chi connectivity index (χ2v) is 4.96. The number of ether oxygens (including phenoxy) is 1. The number of halogens is 1. The minimum absolute atomic E-state index is 0.0268. The lowest BCUT2D eigenvalue weighted by Gasteiger charge is -2.26. The lowest BCUT2D eigenvalue weighted by atomic mass is 10.1. The molecule has 0 aliphatic heterocycles. The van der Waals surface area contributed by atoms with Crippen LogP contribution in [0.5, 0.6) is 11.5 Å². The molecule has 1 aromatic rings. The first kappa shape index (κ1) is 14.8. The van der Waals surface area contributed by atoms with Crippen molar-refractivity contribution in [1.82, 2.24) is 4.90 Å². The number of methoxy groups -OCH3 is 1. The largest absolute Gasteiger partial charge is 0.507 e. The number of phenols is 1. The first-order chi connectivity index (χ1) is 8.51. The minimum atomic E-state index is -0.194. The maximum atomic E-state index is 12.4. The van der Waals surface area contributed by atoms with Crippen molar-refractivity contribution in [1.29, 1.82) is 0 Å². The maximum absolute atomic E-state index is 12.4. The van der Waals surface area contributed by atoms with Gasteiger partial charge in [0.05, 0.1) is 12.7 Å². The van der Waals surface area contributed by atoms with Crippen molar-refractivity contribution in [3.8, 4) is 11.5 Å². The molecule has 1 aromatic carbocycles. The highest BCUT2D eigenvalue weighted by molar-refractivity contribution is 9.09. The number of hydrogen-bond donors (Lipinski definition) is 1. The molecule has 0 spiro atoms. The Morgan fingerprint density at radius 2 is 2.17 bits per heavy atom. The van der Waals surface area contributed by atoms with Gasteiger partial charge in [0, 0.05) is 17.9 Å². The Hall–Kier alpha value is -1.23. The van der Waals surface area contributed by atoms with Gasteiger partial charge in [0.1, 0.15) is 11.5 Å². The van der Waals surface area contributed by atoms with Gasteiger partial charge in [0.2, 0.25) is 0 Å². The van der Waals surface area contributed by atoms with Crippen LogP contribution in [-0.2, 0) is 0 Å². The molecule has 0 atom stereocenters. The summed E-state index contributed by atoms with van der Waals surface area (Å²) in [5, 5.41) is 10.5. The zero-order valence-corrected chi connectivity index (χ0v) is 12.4. The van der Waals surface area contributed by atoms with Crippen molar-refractivity contribution >= 4 is 21.8 Å². The summed E-state index contributed by atoms with van der Waals surface area (Å²) in [5.41, 5.74) is 0.268. The van der Waals surface area contributed by atoms with E-state index in [4.69, 9.17) is 4.74 Å². The molecule has 1 N–H and O–H groups in total. The van der Waals surface area contributed by atoms with Gasteiger partial charge in [-0.2, -0.15) is 0 Å². The van der Waals surface area contributed by atoms with Crippen molar-refractivity contribution in [2.75, 3.05) is 19.0 Å². The molecule has 5 heteroatoms. The van der Waals surface area contributed by atoms with E-state index in [0.717, 1.165) is 0 Å². The molecule has 0 aliphatic carbocycles. The van der Waals surface area contributed by atoms with Crippen LogP contribution < -0.4 is 4.74 Å². The number of hydrogen-bond acceptors (Lipinski definition) is 3. The molecule has 0 fully saturated rings. The van der Waals surface area contributed by atoms with E-state index in [9.17, 15) is 9.90 Å². The summed E-state index contributed by atoms with van der Waals surface area (Å²) in [4.78, 5) is 14.1. The Balaban J connectivity index is 3.07. The predicted molar refractivity (Wildman–Crippen MR) is 74.6 cm³/mol. The van der Waals surface area contributed by atoms with Crippen molar-refractivity contribution in [3.05, 3.63) is 23.8 Å². The molecule has 1 rings (SSSR count). The van der Waals surface area contributed by atoms with Crippen LogP contribution in [0.2, 0.25) is 0 Å². The van der Waals surface area contributed by atoms with Crippen LogP contribution in [0.1, 0.15) is 24.2 Å². The van der Waals surface area contributed by atoms with E-state index in [1.165, 1.54) is 13.2 Å². The summed E-state index contributed by atoms with van der Waals surface area (Å²) in [6, 6.07) is 4.72. The Labute approximate surface area is 116 Å². The summed E-state index contributed by atoms with van der Waals surface area (Å²) in [6.07, 6.45) is 0. The fraction of sp³-hybridized carbons (Fsp3) is 0.462. The van der Waals surface area contributed by atoms with Gasteiger partial charge in [-0.3, -0.25) is 4.79 Å². The highest BCUT2D eigenvalue weighted by Gasteiger charge is 2.21. The van der Waals surface area contributed by atoms with Crippen LogP contribution in [0, 0.1) is 0 Å². The topological polar surface area (TPSA) is 49.8 Å². The number of benzene rings is 1. The van der Waals surface area contributed by atoms with Gasteiger partial charge < -0.3 is 14.7 Å². The Kier molecular flexibility index (Phi) is 5.47. The van der Waals surface area contributed by atoms with E-state index in [2.05, 4.69) is 15.9 Å². The summed E-state index contributed by atoms with van der Waals surface area (Å²) in [6.45, 7) is 4.47. The number of carbonyl (C=O) groups is 1. The number of alkyl halides is 1. The van der Waals surface area contributed by atoms with Gasteiger partial charge >= 0.3 is 0 Å². The Morgan fingerprint density at radius 3 is 2.67 bits per heavy atom.